The summed E-state index contributed by atoms with van der Waals surface area (Å²) in [4.78, 5) is 22.3. The maximum absolute atomic E-state index is 11.2. The van der Waals surface area contributed by atoms with E-state index in [0.717, 1.165) is 0 Å². The largest absolute Gasteiger partial charge is 0.464 e. The average molecular weight is 197 g/mol. The summed E-state index contributed by atoms with van der Waals surface area (Å²) in [5.41, 5.74) is 0.176. The van der Waals surface area contributed by atoms with Gasteiger partial charge < -0.3 is 4.74 Å². The Morgan fingerprint density at radius 1 is 1.57 bits per heavy atom. The van der Waals surface area contributed by atoms with Crippen LogP contribution in [-0.2, 0) is 9.53 Å². The molecule has 0 saturated heterocycles. The molecule has 0 bridgehead atoms. The van der Waals surface area contributed by atoms with E-state index in [-0.39, 0.29) is 11.5 Å². The first kappa shape index (κ1) is 10.4. The van der Waals surface area contributed by atoms with E-state index in [1.807, 2.05) is 0 Å². The Kier molecular flexibility index (Phi) is 2.95. The zero-order chi connectivity index (χ0) is 10.7. The van der Waals surface area contributed by atoms with E-state index in [1.54, 1.807) is 6.92 Å². The molecule has 76 valence electrons. The molecule has 0 aromatic carbocycles. The van der Waals surface area contributed by atoms with Crippen molar-refractivity contribution in [3.05, 3.63) is 11.9 Å². The third kappa shape index (κ3) is 1.78. The minimum atomic E-state index is -0.553. The summed E-state index contributed by atoms with van der Waals surface area (Å²) in [5, 5.41) is 7.21. The summed E-state index contributed by atoms with van der Waals surface area (Å²) in [7, 11) is 1.26. The van der Waals surface area contributed by atoms with E-state index in [2.05, 4.69) is 15.0 Å². The maximum Gasteiger partial charge on any atom is 0.358 e. The molecule has 1 heterocycles. The summed E-state index contributed by atoms with van der Waals surface area (Å²) in [6.45, 7) is 3.07. The van der Waals surface area contributed by atoms with Gasteiger partial charge >= 0.3 is 5.97 Å². The van der Waals surface area contributed by atoms with E-state index < -0.39 is 12.0 Å². The molecule has 0 N–H and O–H groups in total. The zero-order valence-corrected chi connectivity index (χ0v) is 8.22. The summed E-state index contributed by atoms with van der Waals surface area (Å²) in [6.07, 6.45) is 1.27. The van der Waals surface area contributed by atoms with Gasteiger partial charge in [0.2, 0.25) is 0 Å². The lowest BCUT2D eigenvalue weighted by atomic mass is 10.2. The van der Waals surface area contributed by atoms with Crippen molar-refractivity contribution in [1.29, 1.82) is 0 Å². The molecule has 1 aromatic rings. The Labute approximate surface area is 80.9 Å². The summed E-state index contributed by atoms with van der Waals surface area (Å²) < 4.78 is 5.76. The SMILES string of the molecule is COC(=O)c1cnnn1C(C)C(C)=O. The number of carbonyl (C=O) groups excluding carboxylic acids is 2. The van der Waals surface area contributed by atoms with Gasteiger partial charge in [0.15, 0.2) is 11.5 Å². The lowest BCUT2D eigenvalue weighted by Crippen LogP contribution is -2.20. The van der Waals surface area contributed by atoms with Gasteiger partial charge in [0.05, 0.1) is 13.3 Å². The molecular formula is C8H11N3O3. The molecule has 0 aliphatic heterocycles. The molecule has 1 aromatic heterocycles. The number of carbonyl (C=O) groups is 2. The van der Waals surface area contributed by atoms with Crippen LogP contribution < -0.4 is 0 Å². The highest BCUT2D eigenvalue weighted by Gasteiger charge is 2.20. The topological polar surface area (TPSA) is 74.1 Å². The second-order valence-corrected chi connectivity index (χ2v) is 2.84. The molecular weight excluding hydrogens is 186 g/mol. The number of Topliss-reactive ketones (excluding diaryl/α,β-unsaturated/α-hetero) is 1. The lowest BCUT2D eigenvalue weighted by Gasteiger charge is -2.09. The predicted molar refractivity (Wildman–Crippen MR) is 46.8 cm³/mol. The highest BCUT2D eigenvalue weighted by atomic mass is 16.5. The van der Waals surface area contributed by atoms with Gasteiger partial charge in [-0.2, -0.15) is 0 Å². The van der Waals surface area contributed by atoms with Crippen molar-refractivity contribution in [3.8, 4) is 0 Å². The number of aromatic nitrogens is 3. The third-order valence-corrected chi connectivity index (χ3v) is 1.92. The number of nitrogens with zero attached hydrogens (tertiary/aromatic N) is 3. The van der Waals surface area contributed by atoms with Gasteiger partial charge in [0.1, 0.15) is 6.04 Å². The lowest BCUT2D eigenvalue weighted by molar-refractivity contribution is -0.119. The van der Waals surface area contributed by atoms with Crippen LogP contribution in [0.3, 0.4) is 0 Å². The minimum Gasteiger partial charge on any atom is -0.464 e. The van der Waals surface area contributed by atoms with E-state index in [1.165, 1.54) is 24.9 Å². The van der Waals surface area contributed by atoms with Crippen LogP contribution in [0, 0.1) is 0 Å². The van der Waals surface area contributed by atoms with Crippen LogP contribution in [0.5, 0.6) is 0 Å². The van der Waals surface area contributed by atoms with Crippen molar-refractivity contribution in [2.75, 3.05) is 7.11 Å². The third-order valence-electron chi connectivity index (χ3n) is 1.92. The van der Waals surface area contributed by atoms with Crippen molar-refractivity contribution >= 4 is 11.8 Å². The number of ether oxygens (including phenoxy) is 1. The highest BCUT2D eigenvalue weighted by molar-refractivity contribution is 5.88. The van der Waals surface area contributed by atoms with Crippen LogP contribution >= 0.6 is 0 Å². The van der Waals surface area contributed by atoms with Crippen LogP contribution in [-0.4, -0.2) is 33.9 Å². The van der Waals surface area contributed by atoms with Gasteiger partial charge in [-0.1, -0.05) is 5.21 Å². The quantitative estimate of drug-likeness (QED) is 0.648. The molecule has 0 saturated carbocycles. The molecule has 0 aliphatic carbocycles. The number of methoxy groups -OCH3 is 1. The molecule has 6 heteroatoms. The van der Waals surface area contributed by atoms with Gasteiger partial charge in [-0.15, -0.1) is 5.10 Å². The van der Waals surface area contributed by atoms with Gasteiger partial charge in [-0.25, -0.2) is 9.48 Å². The number of rotatable bonds is 3. The number of ketones is 1. The summed E-state index contributed by atoms with van der Waals surface area (Å²) in [5.74, 6) is -0.649. The molecule has 0 spiro atoms. The Morgan fingerprint density at radius 3 is 2.71 bits per heavy atom. The number of esters is 1. The molecule has 1 unspecified atom stereocenters. The first-order valence-electron chi connectivity index (χ1n) is 4.07. The van der Waals surface area contributed by atoms with Crippen molar-refractivity contribution in [2.24, 2.45) is 0 Å². The van der Waals surface area contributed by atoms with E-state index >= 15 is 0 Å². The average Bonchev–Trinajstić information content (AvgIpc) is 2.63. The number of hydrogen-bond donors (Lipinski definition) is 0. The summed E-state index contributed by atoms with van der Waals surface area (Å²) in [6, 6.07) is -0.508. The van der Waals surface area contributed by atoms with E-state index in [0.29, 0.717) is 0 Å². The monoisotopic (exact) mass is 197 g/mol. The fourth-order valence-electron chi connectivity index (χ4n) is 0.953. The normalized spacial score (nSPS) is 12.2. The van der Waals surface area contributed by atoms with E-state index in [9.17, 15) is 9.59 Å². The Hall–Kier alpha value is -1.72. The maximum atomic E-state index is 11.2. The first-order valence-corrected chi connectivity index (χ1v) is 4.07. The second-order valence-electron chi connectivity index (χ2n) is 2.84. The van der Waals surface area contributed by atoms with Crippen LogP contribution in [0.15, 0.2) is 6.20 Å². The van der Waals surface area contributed by atoms with Gasteiger partial charge in [-0.05, 0) is 13.8 Å². The molecule has 1 atom stereocenters. The van der Waals surface area contributed by atoms with Gasteiger partial charge in [-0.3, -0.25) is 4.79 Å². The second kappa shape index (κ2) is 3.99. The van der Waals surface area contributed by atoms with Gasteiger partial charge in [0.25, 0.3) is 0 Å². The molecule has 0 fully saturated rings. The Balaban J connectivity index is 3.04. The predicted octanol–water partition coefficient (Wildman–Crippen LogP) is 0.215. The van der Waals surface area contributed by atoms with Crippen LogP contribution in [0.25, 0.3) is 0 Å². The van der Waals surface area contributed by atoms with Crippen molar-refractivity contribution < 1.29 is 14.3 Å². The van der Waals surface area contributed by atoms with Crippen LogP contribution in [0.1, 0.15) is 30.4 Å². The molecule has 1 rings (SSSR count). The zero-order valence-electron chi connectivity index (χ0n) is 8.22. The summed E-state index contributed by atoms with van der Waals surface area (Å²) >= 11 is 0. The fraction of sp³-hybridized carbons (Fsp3) is 0.500. The number of hydrogen-bond acceptors (Lipinski definition) is 5. The first-order chi connectivity index (χ1) is 6.57. The standard InChI is InChI=1S/C8H11N3O3/c1-5(6(2)12)11-7(4-9-10-11)8(13)14-3/h4-5H,1-3H3. The van der Waals surface area contributed by atoms with Crippen LogP contribution in [0.4, 0.5) is 0 Å². The van der Waals surface area contributed by atoms with Crippen molar-refractivity contribution in [3.63, 3.8) is 0 Å². The smallest absolute Gasteiger partial charge is 0.358 e. The Morgan fingerprint density at radius 2 is 2.21 bits per heavy atom. The molecule has 0 radical (unpaired) electrons. The van der Waals surface area contributed by atoms with E-state index in [4.69, 9.17) is 0 Å². The molecule has 0 amide bonds. The Bertz CT molecular complexity index is 358. The van der Waals surface area contributed by atoms with Crippen molar-refractivity contribution in [2.45, 2.75) is 19.9 Å². The molecule has 6 nitrogen and oxygen atoms in total. The molecule has 14 heavy (non-hydrogen) atoms. The van der Waals surface area contributed by atoms with Gasteiger partial charge in [0, 0.05) is 0 Å². The minimum absolute atomic E-state index is 0.0966. The molecule has 0 aliphatic rings. The van der Waals surface area contributed by atoms with Crippen LogP contribution in [0.2, 0.25) is 0 Å². The van der Waals surface area contributed by atoms with Crippen molar-refractivity contribution in [1.82, 2.24) is 15.0 Å². The highest BCUT2D eigenvalue weighted by Crippen LogP contribution is 2.09. The fourth-order valence-corrected chi connectivity index (χ4v) is 0.953.